The molecule has 3 aromatic carbocycles. The van der Waals surface area contributed by atoms with Crippen molar-refractivity contribution in [2.24, 2.45) is 0 Å². The minimum absolute atomic E-state index is 0.115. The zero-order valence-electron chi connectivity index (χ0n) is 15.0. The van der Waals surface area contributed by atoms with Crippen molar-refractivity contribution in [1.29, 1.82) is 0 Å². The third-order valence-electron chi connectivity index (χ3n) is 4.03. The van der Waals surface area contributed by atoms with Crippen LogP contribution in [0.4, 0.5) is 4.79 Å². The second kappa shape index (κ2) is 9.84. The third kappa shape index (κ3) is 6.05. The standard InChI is InChI=1S/C24H21NO2/c26-24(27-19-21-12-6-2-7-13-21)25-18-23(22-14-8-3-9-15-22)17-16-20-10-4-1-5-11-20/h1-15,23H,18-19H2,(H,25,26). The third-order valence-corrected chi connectivity index (χ3v) is 4.03. The molecule has 3 heteroatoms. The van der Waals surface area contributed by atoms with Gasteiger partial charge in [0.15, 0.2) is 0 Å². The Kier molecular flexibility index (Phi) is 6.66. The molecule has 1 unspecified atom stereocenters. The summed E-state index contributed by atoms with van der Waals surface area (Å²) in [6.07, 6.45) is -0.443. The highest BCUT2D eigenvalue weighted by atomic mass is 16.5. The zero-order valence-corrected chi connectivity index (χ0v) is 15.0. The molecule has 0 fully saturated rings. The van der Waals surface area contributed by atoms with E-state index in [1.165, 1.54) is 0 Å². The molecule has 0 aliphatic rings. The van der Waals surface area contributed by atoms with Gasteiger partial charge < -0.3 is 10.1 Å². The van der Waals surface area contributed by atoms with Gasteiger partial charge >= 0.3 is 6.09 Å². The first-order valence-corrected chi connectivity index (χ1v) is 8.87. The Bertz CT molecular complexity index is 897. The summed E-state index contributed by atoms with van der Waals surface area (Å²) >= 11 is 0. The van der Waals surface area contributed by atoms with Crippen LogP contribution in [0.5, 0.6) is 0 Å². The smallest absolute Gasteiger partial charge is 0.407 e. The Labute approximate surface area is 160 Å². The van der Waals surface area contributed by atoms with Crippen molar-refractivity contribution in [3.8, 4) is 11.8 Å². The lowest BCUT2D eigenvalue weighted by Crippen LogP contribution is -2.28. The Morgan fingerprint density at radius 1 is 0.852 bits per heavy atom. The van der Waals surface area contributed by atoms with Gasteiger partial charge in [-0.05, 0) is 23.3 Å². The first kappa shape index (κ1) is 18.3. The number of hydrogen-bond acceptors (Lipinski definition) is 2. The van der Waals surface area contributed by atoms with Gasteiger partial charge in [0.2, 0.25) is 0 Å². The fraction of sp³-hybridized carbons (Fsp3) is 0.125. The summed E-state index contributed by atoms with van der Waals surface area (Å²) in [5.41, 5.74) is 2.96. The van der Waals surface area contributed by atoms with Crippen molar-refractivity contribution in [1.82, 2.24) is 5.32 Å². The minimum Gasteiger partial charge on any atom is -0.445 e. The van der Waals surface area contributed by atoms with E-state index in [-0.39, 0.29) is 12.5 Å². The number of ether oxygens (including phenoxy) is 1. The Balaban J connectivity index is 1.61. The lowest BCUT2D eigenvalue weighted by molar-refractivity contribution is 0.139. The highest BCUT2D eigenvalue weighted by molar-refractivity contribution is 5.67. The van der Waals surface area contributed by atoms with Crippen LogP contribution < -0.4 is 5.32 Å². The number of carbonyl (C=O) groups is 1. The number of amides is 1. The van der Waals surface area contributed by atoms with Crippen molar-refractivity contribution in [2.75, 3.05) is 6.54 Å². The Morgan fingerprint density at radius 3 is 2.11 bits per heavy atom. The molecule has 0 saturated carbocycles. The van der Waals surface area contributed by atoms with Gasteiger partial charge in [-0.15, -0.1) is 0 Å². The van der Waals surface area contributed by atoms with Crippen molar-refractivity contribution in [2.45, 2.75) is 12.5 Å². The van der Waals surface area contributed by atoms with Gasteiger partial charge in [0, 0.05) is 12.1 Å². The molecule has 27 heavy (non-hydrogen) atoms. The summed E-state index contributed by atoms with van der Waals surface area (Å²) < 4.78 is 5.28. The summed E-state index contributed by atoms with van der Waals surface area (Å²) in [4.78, 5) is 12.0. The minimum atomic E-state index is -0.443. The molecule has 3 rings (SSSR count). The summed E-state index contributed by atoms with van der Waals surface area (Å²) in [6.45, 7) is 0.635. The molecule has 0 saturated heterocycles. The normalized spacial score (nSPS) is 11.0. The Hall–Kier alpha value is -3.51. The van der Waals surface area contributed by atoms with Gasteiger partial charge in [0.25, 0.3) is 0 Å². The van der Waals surface area contributed by atoms with E-state index in [1.54, 1.807) is 0 Å². The molecule has 0 heterocycles. The van der Waals surface area contributed by atoms with E-state index in [4.69, 9.17) is 4.74 Å². The highest BCUT2D eigenvalue weighted by Crippen LogP contribution is 2.14. The van der Waals surface area contributed by atoms with E-state index in [2.05, 4.69) is 17.2 Å². The lowest BCUT2D eigenvalue weighted by Gasteiger charge is -2.13. The fourth-order valence-corrected chi connectivity index (χ4v) is 2.59. The number of alkyl carbamates (subject to hydrolysis) is 1. The molecule has 1 amide bonds. The summed E-state index contributed by atoms with van der Waals surface area (Å²) in [5.74, 6) is 6.33. The molecule has 0 aliphatic heterocycles. The second-order valence-corrected chi connectivity index (χ2v) is 6.04. The maximum absolute atomic E-state index is 12.0. The zero-order chi connectivity index (χ0) is 18.7. The van der Waals surface area contributed by atoms with Crippen LogP contribution in [0.3, 0.4) is 0 Å². The van der Waals surface area contributed by atoms with Crippen LogP contribution in [0.2, 0.25) is 0 Å². The number of nitrogens with one attached hydrogen (secondary N) is 1. The van der Waals surface area contributed by atoms with E-state index >= 15 is 0 Å². The molecule has 0 aromatic heterocycles. The maximum Gasteiger partial charge on any atom is 0.407 e. The van der Waals surface area contributed by atoms with Crippen LogP contribution >= 0.6 is 0 Å². The van der Waals surface area contributed by atoms with Crippen molar-refractivity contribution >= 4 is 6.09 Å². The predicted octanol–water partition coefficient (Wildman–Crippen LogP) is 4.75. The van der Waals surface area contributed by atoms with Gasteiger partial charge in [-0.1, -0.05) is 90.7 Å². The molecular formula is C24H21NO2. The van der Waals surface area contributed by atoms with Gasteiger partial charge in [-0.2, -0.15) is 0 Å². The van der Waals surface area contributed by atoms with Crippen LogP contribution in [0.25, 0.3) is 0 Å². The van der Waals surface area contributed by atoms with E-state index in [0.717, 1.165) is 16.7 Å². The molecule has 1 atom stereocenters. The molecule has 3 aromatic rings. The average molecular weight is 355 g/mol. The number of carbonyl (C=O) groups excluding carboxylic acids is 1. The van der Waals surface area contributed by atoms with Gasteiger partial charge in [-0.3, -0.25) is 0 Å². The first-order valence-electron chi connectivity index (χ1n) is 8.87. The van der Waals surface area contributed by atoms with Crippen molar-refractivity contribution in [3.63, 3.8) is 0 Å². The van der Waals surface area contributed by atoms with E-state index in [1.807, 2.05) is 91.0 Å². The predicted molar refractivity (Wildman–Crippen MR) is 107 cm³/mol. The van der Waals surface area contributed by atoms with E-state index in [0.29, 0.717) is 6.54 Å². The SMILES string of the molecule is O=C(NCC(C#Cc1ccccc1)c1ccccc1)OCc1ccccc1. The number of hydrogen-bond donors (Lipinski definition) is 1. The molecule has 3 nitrogen and oxygen atoms in total. The van der Waals surface area contributed by atoms with Crippen LogP contribution in [-0.4, -0.2) is 12.6 Å². The molecule has 0 spiro atoms. The van der Waals surface area contributed by atoms with Crippen LogP contribution in [0.15, 0.2) is 91.0 Å². The van der Waals surface area contributed by atoms with Crippen LogP contribution in [0, 0.1) is 11.8 Å². The number of benzene rings is 3. The van der Waals surface area contributed by atoms with Gasteiger partial charge in [0.05, 0.1) is 5.92 Å². The van der Waals surface area contributed by atoms with Gasteiger partial charge in [-0.25, -0.2) is 4.79 Å². The molecule has 1 N–H and O–H groups in total. The second-order valence-electron chi connectivity index (χ2n) is 6.04. The summed E-state index contributed by atoms with van der Waals surface area (Å²) in [7, 11) is 0. The topological polar surface area (TPSA) is 38.3 Å². The monoisotopic (exact) mass is 355 g/mol. The molecule has 0 bridgehead atoms. The van der Waals surface area contributed by atoms with Gasteiger partial charge in [0.1, 0.15) is 6.61 Å². The quantitative estimate of drug-likeness (QED) is 0.671. The Morgan fingerprint density at radius 2 is 1.44 bits per heavy atom. The molecular weight excluding hydrogens is 334 g/mol. The molecule has 0 radical (unpaired) electrons. The first-order chi connectivity index (χ1) is 13.3. The lowest BCUT2D eigenvalue weighted by atomic mass is 9.99. The average Bonchev–Trinajstić information content (AvgIpc) is 2.74. The van der Waals surface area contributed by atoms with E-state index < -0.39 is 6.09 Å². The molecule has 134 valence electrons. The summed E-state index contributed by atoms with van der Waals surface area (Å²) in [6, 6.07) is 29.4. The van der Waals surface area contributed by atoms with Crippen LogP contribution in [0.1, 0.15) is 22.6 Å². The number of rotatable bonds is 5. The largest absolute Gasteiger partial charge is 0.445 e. The van der Waals surface area contributed by atoms with Crippen molar-refractivity contribution in [3.05, 3.63) is 108 Å². The highest BCUT2D eigenvalue weighted by Gasteiger charge is 2.11. The van der Waals surface area contributed by atoms with Crippen LogP contribution in [-0.2, 0) is 11.3 Å². The maximum atomic E-state index is 12.0. The van der Waals surface area contributed by atoms with E-state index in [9.17, 15) is 4.79 Å². The fourth-order valence-electron chi connectivity index (χ4n) is 2.59. The van der Waals surface area contributed by atoms with Crippen molar-refractivity contribution < 1.29 is 9.53 Å². The molecule has 0 aliphatic carbocycles. The summed E-state index contributed by atoms with van der Waals surface area (Å²) in [5, 5.41) is 2.82.